The summed E-state index contributed by atoms with van der Waals surface area (Å²) in [4.78, 5) is 28.8. The van der Waals surface area contributed by atoms with Crippen LogP contribution in [0.5, 0.6) is 0 Å². The molecule has 3 aromatic rings. The summed E-state index contributed by atoms with van der Waals surface area (Å²) in [6.07, 6.45) is 0.532. The van der Waals surface area contributed by atoms with Gasteiger partial charge in [0.05, 0.1) is 35.7 Å². The summed E-state index contributed by atoms with van der Waals surface area (Å²) in [5, 5.41) is 19.2. The van der Waals surface area contributed by atoms with Gasteiger partial charge in [0.2, 0.25) is 5.91 Å². The average molecular weight is 434 g/mol. The molecule has 1 N–H and O–H groups in total. The average Bonchev–Trinajstić information content (AvgIpc) is 3.33. The van der Waals surface area contributed by atoms with E-state index in [9.17, 15) is 20.0 Å². The molecule has 2 atom stereocenters. The SMILES string of the molecule is CN(C(=O)Cc1ccc2oc(=O)n(C)c2c1)[C@H](CN1CC[C@H](O)C1)c1cccc(C#N)c1. The third-order valence-electron chi connectivity index (χ3n) is 6.15. The van der Waals surface area contributed by atoms with E-state index >= 15 is 0 Å². The Kier molecular flexibility index (Phi) is 6.12. The second-order valence-electron chi connectivity index (χ2n) is 8.37. The van der Waals surface area contributed by atoms with Crippen LogP contribution in [0.2, 0.25) is 0 Å². The Labute approximate surface area is 185 Å². The number of carbonyl (C=O) groups excluding carboxylic acids is 1. The summed E-state index contributed by atoms with van der Waals surface area (Å²) in [7, 11) is 3.40. The van der Waals surface area contributed by atoms with Crippen molar-refractivity contribution in [3.8, 4) is 6.07 Å². The molecule has 1 aliphatic rings. The van der Waals surface area contributed by atoms with E-state index in [1.807, 2.05) is 18.2 Å². The maximum atomic E-state index is 13.2. The maximum absolute atomic E-state index is 13.2. The monoisotopic (exact) mass is 434 g/mol. The first kappa shape index (κ1) is 21.8. The number of β-amino-alcohol motifs (C(OH)–C–C–N with tert-alkyl or cyclic N) is 1. The zero-order valence-corrected chi connectivity index (χ0v) is 18.2. The summed E-state index contributed by atoms with van der Waals surface area (Å²) < 4.78 is 6.59. The van der Waals surface area contributed by atoms with Gasteiger partial charge in [-0.3, -0.25) is 14.3 Å². The van der Waals surface area contributed by atoms with E-state index in [0.29, 0.717) is 36.2 Å². The number of aromatic nitrogens is 1. The number of carbonyl (C=O) groups is 1. The number of likely N-dealkylation sites (tertiary alicyclic amines) is 1. The summed E-state index contributed by atoms with van der Waals surface area (Å²) in [5.74, 6) is -0.518. The number of oxazole rings is 1. The molecule has 1 aliphatic heterocycles. The highest BCUT2D eigenvalue weighted by Gasteiger charge is 2.28. The number of nitriles is 1. The largest absolute Gasteiger partial charge is 0.419 e. The van der Waals surface area contributed by atoms with Gasteiger partial charge in [-0.15, -0.1) is 0 Å². The molecule has 1 saturated heterocycles. The number of benzene rings is 2. The van der Waals surface area contributed by atoms with Crippen LogP contribution in [-0.2, 0) is 18.3 Å². The number of amides is 1. The molecule has 0 radical (unpaired) electrons. The van der Waals surface area contributed by atoms with Gasteiger partial charge in [0.25, 0.3) is 0 Å². The van der Waals surface area contributed by atoms with Crippen molar-refractivity contribution in [2.24, 2.45) is 7.05 Å². The van der Waals surface area contributed by atoms with E-state index in [1.54, 1.807) is 43.3 Å². The molecule has 8 heteroatoms. The van der Waals surface area contributed by atoms with Crippen LogP contribution < -0.4 is 5.76 Å². The van der Waals surface area contributed by atoms with Gasteiger partial charge in [-0.1, -0.05) is 18.2 Å². The Morgan fingerprint density at radius 1 is 1.34 bits per heavy atom. The van der Waals surface area contributed by atoms with Crippen LogP contribution in [0.4, 0.5) is 0 Å². The van der Waals surface area contributed by atoms with Crippen LogP contribution in [0, 0.1) is 11.3 Å². The summed E-state index contributed by atoms with van der Waals surface area (Å²) in [6.45, 7) is 1.91. The molecule has 166 valence electrons. The first-order valence-corrected chi connectivity index (χ1v) is 10.6. The van der Waals surface area contributed by atoms with E-state index in [2.05, 4.69) is 11.0 Å². The van der Waals surface area contributed by atoms with Crippen LogP contribution in [0.25, 0.3) is 11.1 Å². The minimum absolute atomic E-state index is 0.0787. The van der Waals surface area contributed by atoms with Gasteiger partial charge in [-0.05, 0) is 41.8 Å². The number of hydrogen-bond acceptors (Lipinski definition) is 6. The van der Waals surface area contributed by atoms with Crippen LogP contribution >= 0.6 is 0 Å². The van der Waals surface area contributed by atoms with E-state index < -0.39 is 5.76 Å². The minimum Gasteiger partial charge on any atom is -0.408 e. The van der Waals surface area contributed by atoms with Gasteiger partial charge in [-0.2, -0.15) is 5.26 Å². The lowest BCUT2D eigenvalue weighted by Gasteiger charge is -2.32. The standard InChI is InChI=1S/C24H26N4O4/c1-26(23(30)12-16-6-7-22-20(11-16)27(2)24(31)32-22)21(15-28-9-8-19(29)14-28)18-5-3-4-17(10-18)13-25/h3-7,10-11,19,21,29H,8-9,12,14-15H2,1-2H3/t19-,21+/m0/s1. The van der Waals surface area contributed by atoms with Crippen molar-refractivity contribution in [2.45, 2.75) is 25.0 Å². The van der Waals surface area contributed by atoms with E-state index in [1.165, 1.54) is 4.57 Å². The number of likely N-dealkylation sites (N-methyl/N-ethyl adjacent to an activating group) is 1. The molecule has 0 bridgehead atoms. The van der Waals surface area contributed by atoms with Crippen molar-refractivity contribution < 1.29 is 14.3 Å². The molecular weight excluding hydrogens is 408 g/mol. The molecule has 1 amide bonds. The lowest BCUT2D eigenvalue weighted by molar-refractivity contribution is -0.131. The number of aliphatic hydroxyl groups excluding tert-OH is 1. The Morgan fingerprint density at radius 3 is 2.88 bits per heavy atom. The smallest absolute Gasteiger partial charge is 0.408 e. The van der Waals surface area contributed by atoms with Gasteiger partial charge >= 0.3 is 5.76 Å². The van der Waals surface area contributed by atoms with Crippen molar-refractivity contribution in [2.75, 3.05) is 26.7 Å². The highest BCUT2D eigenvalue weighted by molar-refractivity contribution is 5.81. The molecule has 4 rings (SSSR count). The normalized spacial score (nSPS) is 17.4. The second kappa shape index (κ2) is 8.99. The van der Waals surface area contributed by atoms with Crippen LogP contribution in [0.1, 0.15) is 29.2 Å². The molecule has 0 spiro atoms. The second-order valence-corrected chi connectivity index (χ2v) is 8.37. The van der Waals surface area contributed by atoms with E-state index in [-0.39, 0.29) is 24.5 Å². The number of fused-ring (bicyclic) bond motifs is 1. The third kappa shape index (κ3) is 4.44. The molecule has 32 heavy (non-hydrogen) atoms. The zero-order chi connectivity index (χ0) is 22.8. The predicted octanol–water partition coefficient (Wildman–Crippen LogP) is 1.81. The fourth-order valence-electron chi connectivity index (χ4n) is 4.24. The van der Waals surface area contributed by atoms with Crippen LogP contribution in [0.3, 0.4) is 0 Å². The molecule has 0 unspecified atom stereocenters. The van der Waals surface area contributed by atoms with Gasteiger partial charge < -0.3 is 14.4 Å². The van der Waals surface area contributed by atoms with E-state index in [4.69, 9.17) is 4.42 Å². The topological polar surface area (TPSA) is 103 Å². The van der Waals surface area contributed by atoms with Crippen LogP contribution in [-0.4, -0.2) is 58.2 Å². The number of rotatable bonds is 6. The van der Waals surface area contributed by atoms with Crippen molar-refractivity contribution >= 4 is 17.0 Å². The van der Waals surface area contributed by atoms with Crippen LogP contribution in [0.15, 0.2) is 51.7 Å². The first-order valence-electron chi connectivity index (χ1n) is 10.6. The molecular formula is C24H26N4O4. The molecule has 0 aliphatic carbocycles. The number of nitrogens with zero attached hydrogens (tertiary/aromatic N) is 4. The highest BCUT2D eigenvalue weighted by atomic mass is 16.4. The summed E-state index contributed by atoms with van der Waals surface area (Å²) in [6, 6.07) is 14.5. The van der Waals surface area contributed by atoms with Gasteiger partial charge in [0, 0.05) is 33.7 Å². The quantitative estimate of drug-likeness (QED) is 0.635. The molecule has 1 aromatic heterocycles. The number of hydrogen-bond donors (Lipinski definition) is 1. The van der Waals surface area contributed by atoms with Gasteiger partial charge in [0.1, 0.15) is 0 Å². The highest BCUT2D eigenvalue weighted by Crippen LogP contribution is 2.25. The molecule has 0 saturated carbocycles. The summed E-state index contributed by atoms with van der Waals surface area (Å²) >= 11 is 0. The van der Waals surface area contributed by atoms with Crippen molar-refractivity contribution in [3.63, 3.8) is 0 Å². The Hall–Kier alpha value is -3.41. The fraction of sp³-hybridized carbons (Fsp3) is 0.375. The van der Waals surface area contributed by atoms with Gasteiger partial charge in [0.15, 0.2) is 5.58 Å². The van der Waals surface area contributed by atoms with E-state index in [0.717, 1.165) is 17.7 Å². The Balaban J connectivity index is 1.58. The number of aryl methyl sites for hydroxylation is 1. The molecule has 2 aromatic carbocycles. The molecule has 1 fully saturated rings. The Morgan fingerprint density at radius 2 is 2.16 bits per heavy atom. The summed E-state index contributed by atoms with van der Waals surface area (Å²) in [5.41, 5.74) is 3.34. The predicted molar refractivity (Wildman–Crippen MR) is 119 cm³/mol. The van der Waals surface area contributed by atoms with Crippen molar-refractivity contribution in [1.29, 1.82) is 5.26 Å². The fourth-order valence-corrected chi connectivity index (χ4v) is 4.24. The first-order chi connectivity index (χ1) is 15.4. The van der Waals surface area contributed by atoms with Gasteiger partial charge in [-0.25, -0.2) is 4.79 Å². The number of aliphatic hydroxyl groups is 1. The zero-order valence-electron chi connectivity index (χ0n) is 18.2. The minimum atomic E-state index is -0.439. The Bertz CT molecular complexity index is 1240. The molecule has 8 nitrogen and oxygen atoms in total. The van der Waals surface area contributed by atoms with Crippen molar-refractivity contribution in [1.82, 2.24) is 14.4 Å². The molecule has 2 heterocycles. The maximum Gasteiger partial charge on any atom is 0.419 e. The lowest BCUT2D eigenvalue weighted by Crippen LogP contribution is -2.39. The van der Waals surface area contributed by atoms with Crippen molar-refractivity contribution in [3.05, 3.63) is 69.7 Å². The lowest BCUT2D eigenvalue weighted by atomic mass is 10.0. The third-order valence-corrected chi connectivity index (χ3v) is 6.15.